The fourth-order valence-corrected chi connectivity index (χ4v) is 4.99. The van der Waals surface area contributed by atoms with Gasteiger partial charge in [0.25, 0.3) is 5.91 Å². The quantitative estimate of drug-likeness (QED) is 0.470. The predicted molar refractivity (Wildman–Crippen MR) is 111 cm³/mol. The van der Waals surface area contributed by atoms with E-state index in [9.17, 15) is 13.2 Å². The number of likely N-dealkylation sites (N-methyl/N-ethyl adjacent to an activating group) is 1. The minimum Gasteiger partial charge on any atom is -0.339 e. The van der Waals surface area contributed by atoms with Crippen LogP contribution in [-0.4, -0.2) is 60.0 Å². The maximum Gasteiger partial charge on any atom is 0.277 e. The zero-order valence-electron chi connectivity index (χ0n) is 16.3. The number of carbonyl (C=O) groups excluding carboxylic acids is 1. The van der Waals surface area contributed by atoms with Gasteiger partial charge in [-0.15, -0.1) is 0 Å². The molecule has 1 aliphatic heterocycles. The summed E-state index contributed by atoms with van der Waals surface area (Å²) in [7, 11) is -2.06. The van der Waals surface area contributed by atoms with Crippen LogP contribution in [0.15, 0.2) is 59.8 Å². The third-order valence-corrected chi connectivity index (χ3v) is 7.27. The first-order valence-electron chi connectivity index (χ1n) is 9.38. The number of fused-ring (bicyclic) bond motifs is 1. The van der Waals surface area contributed by atoms with E-state index in [1.807, 2.05) is 35.2 Å². The molecular formula is C20H21N5O4S. The highest BCUT2D eigenvalue weighted by Gasteiger charge is 2.34. The smallest absolute Gasteiger partial charge is 0.277 e. The molecule has 10 heteroatoms. The van der Waals surface area contributed by atoms with Crippen molar-refractivity contribution in [1.29, 1.82) is 0 Å². The molecule has 1 aliphatic rings. The van der Waals surface area contributed by atoms with Crippen LogP contribution in [0.3, 0.4) is 0 Å². The van der Waals surface area contributed by atoms with E-state index in [-0.39, 0.29) is 16.5 Å². The Morgan fingerprint density at radius 1 is 1.17 bits per heavy atom. The van der Waals surface area contributed by atoms with Crippen LogP contribution in [0.1, 0.15) is 16.8 Å². The zero-order valence-corrected chi connectivity index (χ0v) is 17.1. The first kappa shape index (κ1) is 20.2. The van der Waals surface area contributed by atoms with Crippen molar-refractivity contribution >= 4 is 32.7 Å². The summed E-state index contributed by atoms with van der Waals surface area (Å²) < 4.78 is 27.7. The molecule has 1 saturated heterocycles. The first-order valence-corrected chi connectivity index (χ1v) is 10.8. The van der Waals surface area contributed by atoms with Gasteiger partial charge in [0.1, 0.15) is 0 Å². The van der Waals surface area contributed by atoms with Crippen molar-refractivity contribution < 1.29 is 18.4 Å². The Balaban J connectivity index is 1.50. The highest BCUT2D eigenvalue weighted by molar-refractivity contribution is 7.89. The Morgan fingerprint density at radius 2 is 1.87 bits per heavy atom. The second-order valence-corrected chi connectivity index (χ2v) is 9.13. The molecule has 0 spiro atoms. The van der Waals surface area contributed by atoms with Gasteiger partial charge in [0, 0.05) is 38.6 Å². The Labute approximate surface area is 174 Å². The summed E-state index contributed by atoms with van der Waals surface area (Å²) in [6, 6.07) is 12.5. The molecule has 1 aromatic heterocycles. The van der Waals surface area contributed by atoms with Crippen LogP contribution in [0.4, 0.5) is 5.95 Å². The van der Waals surface area contributed by atoms with Gasteiger partial charge in [-0.05, 0) is 29.3 Å². The van der Waals surface area contributed by atoms with E-state index in [4.69, 9.17) is 5.21 Å². The number of anilines is 1. The first-order chi connectivity index (χ1) is 14.4. The summed E-state index contributed by atoms with van der Waals surface area (Å²) in [5, 5.41) is 10.5. The third-order valence-electron chi connectivity index (χ3n) is 5.36. The normalized spacial score (nSPS) is 16.9. The van der Waals surface area contributed by atoms with Crippen LogP contribution in [0.25, 0.3) is 10.8 Å². The van der Waals surface area contributed by atoms with Gasteiger partial charge in [-0.3, -0.25) is 10.0 Å². The van der Waals surface area contributed by atoms with Crippen molar-refractivity contribution in [2.45, 2.75) is 17.4 Å². The number of hydrogen-bond acceptors (Lipinski definition) is 7. The molecule has 2 N–H and O–H groups in total. The van der Waals surface area contributed by atoms with Crippen molar-refractivity contribution in [2.24, 2.45) is 0 Å². The molecule has 1 unspecified atom stereocenters. The Kier molecular flexibility index (Phi) is 5.37. The van der Waals surface area contributed by atoms with Crippen molar-refractivity contribution in [1.82, 2.24) is 19.8 Å². The number of hydroxylamine groups is 1. The largest absolute Gasteiger partial charge is 0.339 e. The maximum absolute atomic E-state index is 13.2. The molecule has 1 fully saturated rings. The van der Waals surface area contributed by atoms with Gasteiger partial charge in [0.05, 0.1) is 10.5 Å². The number of amides is 1. The van der Waals surface area contributed by atoms with E-state index >= 15 is 0 Å². The van der Waals surface area contributed by atoms with Gasteiger partial charge in [0.2, 0.25) is 16.0 Å². The Bertz CT molecular complexity index is 1180. The van der Waals surface area contributed by atoms with Crippen LogP contribution in [0.2, 0.25) is 0 Å². The Morgan fingerprint density at radius 3 is 2.57 bits per heavy atom. The molecule has 3 aromatic rings. The van der Waals surface area contributed by atoms with Gasteiger partial charge < -0.3 is 4.90 Å². The number of rotatable bonds is 5. The molecule has 2 aromatic carbocycles. The number of nitrogens with one attached hydrogen (secondary N) is 1. The monoisotopic (exact) mass is 427 g/mol. The molecule has 1 amide bonds. The molecule has 2 heterocycles. The molecule has 9 nitrogen and oxygen atoms in total. The van der Waals surface area contributed by atoms with E-state index in [2.05, 4.69) is 9.97 Å². The van der Waals surface area contributed by atoms with Crippen molar-refractivity contribution in [3.63, 3.8) is 0 Å². The molecule has 4 rings (SSSR count). The molecule has 0 radical (unpaired) electrons. The molecule has 0 aliphatic carbocycles. The third kappa shape index (κ3) is 3.72. The molecule has 30 heavy (non-hydrogen) atoms. The highest BCUT2D eigenvalue weighted by Crippen LogP contribution is 2.26. The summed E-state index contributed by atoms with van der Waals surface area (Å²) >= 11 is 0. The van der Waals surface area contributed by atoms with E-state index in [1.54, 1.807) is 19.2 Å². The molecule has 0 saturated carbocycles. The Hall–Kier alpha value is -3.08. The summed E-state index contributed by atoms with van der Waals surface area (Å²) in [5.74, 6) is -0.287. The van der Waals surface area contributed by atoms with Gasteiger partial charge in [0.15, 0.2) is 0 Å². The molecule has 156 valence electrons. The lowest BCUT2D eigenvalue weighted by Gasteiger charge is -2.24. The molecule has 0 bridgehead atoms. The van der Waals surface area contributed by atoms with E-state index < -0.39 is 15.9 Å². The minimum absolute atomic E-state index is 0.132. The fourth-order valence-electron chi connectivity index (χ4n) is 3.58. The number of aromatic nitrogens is 2. The number of carbonyl (C=O) groups is 1. The summed E-state index contributed by atoms with van der Waals surface area (Å²) in [4.78, 5) is 21.8. The number of benzene rings is 2. The average Bonchev–Trinajstić information content (AvgIpc) is 3.28. The van der Waals surface area contributed by atoms with E-state index in [1.165, 1.54) is 22.2 Å². The molecular weight excluding hydrogens is 406 g/mol. The van der Waals surface area contributed by atoms with E-state index in [0.29, 0.717) is 25.5 Å². The predicted octanol–water partition coefficient (Wildman–Crippen LogP) is 1.65. The van der Waals surface area contributed by atoms with Gasteiger partial charge in [-0.2, -0.15) is 4.31 Å². The zero-order chi connectivity index (χ0) is 21.3. The van der Waals surface area contributed by atoms with Gasteiger partial charge in [-0.25, -0.2) is 23.9 Å². The number of nitrogens with zero attached hydrogens (tertiary/aromatic N) is 4. The number of sulfonamides is 1. The summed E-state index contributed by atoms with van der Waals surface area (Å²) in [6.07, 6.45) is 3.26. The van der Waals surface area contributed by atoms with Crippen LogP contribution in [0, 0.1) is 0 Å². The fraction of sp³-hybridized carbons (Fsp3) is 0.250. The van der Waals surface area contributed by atoms with Crippen LogP contribution >= 0.6 is 0 Å². The lowest BCUT2D eigenvalue weighted by Crippen LogP contribution is -2.39. The van der Waals surface area contributed by atoms with Gasteiger partial charge >= 0.3 is 0 Å². The minimum atomic E-state index is -3.66. The number of hydrogen-bond donors (Lipinski definition) is 2. The van der Waals surface area contributed by atoms with Crippen LogP contribution in [-0.2, 0) is 10.0 Å². The SMILES string of the molecule is CN(C1CCN(c2ncc(C(=O)NO)cn2)C1)S(=O)(=O)c1ccc2ccccc2c1. The summed E-state index contributed by atoms with van der Waals surface area (Å²) in [5.41, 5.74) is 1.66. The summed E-state index contributed by atoms with van der Waals surface area (Å²) in [6.45, 7) is 1.03. The molecule has 1 atom stereocenters. The van der Waals surface area contributed by atoms with Crippen molar-refractivity contribution in [3.8, 4) is 0 Å². The van der Waals surface area contributed by atoms with Gasteiger partial charge in [-0.1, -0.05) is 30.3 Å². The van der Waals surface area contributed by atoms with Crippen LogP contribution in [0.5, 0.6) is 0 Å². The average molecular weight is 427 g/mol. The second-order valence-electron chi connectivity index (χ2n) is 7.13. The van der Waals surface area contributed by atoms with Crippen LogP contribution < -0.4 is 10.4 Å². The lowest BCUT2D eigenvalue weighted by atomic mass is 10.1. The topological polar surface area (TPSA) is 116 Å². The second kappa shape index (κ2) is 7.98. The van der Waals surface area contributed by atoms with E-state index in [0.717, 1.165) is 10.8 Å². The maximum atomic E-state index is 13.2. The lowest BCUT2D eigenvalue weighted by molar-refractivity contribution is 0.0705. The standard InChI is InChI=1S/C20H21N5O4S/c1-24(30(28,29)18-7-6-14-4-2-3-5-15(14)10-18)17-8-9-25(13-17)20-21-11-16(12-22-20)19(26)23-27/h2-7,10-12,17,27H,8-9,13H2,1H3,(H,23,26). The highest BCUT2D eigenvalue weighted by atomic mass is 32.2. The van der Waals surface area contributed by atoms with Crippen molar-refractivity contribution in [3.05, 3.63) is 60.4 Å². The van der Waals surface area contributed by atoms with Crippen molar-refractivity contribution in [2.75, 3.05) is 25.0 Å².